The molecule has 2 aliphatic carbocycles. The molecule has 0 radical (unpaired) electrons. The van der Waals surface area contributed by atoms with Crippen LogP contribution in [0.3, 0.4) is 0 Å². The lowest BCUT2D eigenvalue weighted by molar-refractivity contribution is -0.192. The number of carbonyl (C=O) groups is 1. The fourth-order valence-corrected chi connectivity index (χ4v) is 6.25. The number of alkyl halides is 3. The first kappa shape index (κ1) is 22.4. The number of carboxylic acid groups (broad SMARTS) is 1. The van der Waals surface area contributed by atoms with Crippen LogP contribution in [0.4, 0.5) is 19.0 Å². The molecule has 15 heteroatoms. The van der Waals surface area contributed by atoms with Gasteiger partial charge in [-0.05, 0) is 56.7 Å². The van der Waals surface area contributed by atoms with E-state index in [2.05, 4.69) is 25.9 Å². The number of hydrogen-bond donors (Lipinski definition) is 3. The number of sulfonamides is 1. The topological polar surface area (TPSA) is 176 Å². The monoisotopic (exact) mass is 540 g/mol. The molecule has 4 N–H and O–H groups in total. The van der Waals surface area contributed by atoms with Crippen molar-refractivity contribution in [2.24, 2.45) is 5.41 Å². The summed E-state index contributed by atoms with van der Waals surface area (Å²) in [5.41, 5.74) is 5.37. The summed E-state index contributed by atoms with van der Waals surface area (Å²) in [5, 5.41) is 20.8. The molecule has 2 bridgehead atoms. The zero-order valence-electron chi connectivity index (χ0n) is 21.9. The predicted octanol–water partition coefficient (Wildman–Crippen LogP) is 2.82. The Bertz CT molecular complexity index is 1630. The molecule has 2 heterocycles. The van der Waals surface area contributed by atoms with Crippen LogP contribution in [-0.4, -0.2) is 50.8 Å². The Morgan fingerprint density at radius 3 is 2.54 bits per heavy atom. The van der Waals surface area contributed by atoms with Crippen molar-refractivity contribution >= 4 is 27.5 Å². The highest BCUT2D eigenvalue weighted by Gasteiger charge is 2.56. The lowest BCUT2D eigenvalue weighted by Crippen LogP contribution is -2.44. The van der Waals surface area contributed by atoms with Gasteiger partial charge in [0, 0.05) is 15.2 Å². The average Bonchev–Trinajstić information content (AvgIpc) is 3.55. The summed E-state index contributed by atoms with van der Waals surface area (Å²) in [6, 6.07) is 6.27. The van der Waals surface area contributed by atoms with E-state index in [-0.39, 0.29) is 33.2 Å². The normalized spacial score (nSPS) is 24.4. The standard InChI is InChI=1S/C20H21N7O2S.C2HF3O2/c1-13-2-3-14(8-15(13)16-9-23-18-17(22)24-12-25-27(16)18)30(28,29)26-20-6-4-19(10-20,11-21)5-7-20;3-2(4,5)1(6)7/h2-3,8-9,12,26H,4-7,10H2,1H3,(H2,22,24,25);(H,6,7)/i1D3;. The number of nitrogen functional groups attached to an aromatic ring is 1. The fourth-order valence-electron chi connectivity index (χ4n) is 4.76. The van der Waals surface area contributed by atoms with Gasteiger partial charge in [0.2, 0.25) is 10.0 Å². The SMILES string of the molecule is O=C(O)C(F)(F)F.[2H]C([2H])([2H])c1ccc(S(=O)(=O)NC23CCC(C#N)(CC2)C3)cc1-c1cnc2c(N)ncnn12. The molecule has 196 valence electrons. The Hall–Kier alpha value is -3.77. The molecule has 37 heavy (non-hydrogen) atoms. The van der Waals surface area contributed by atoms with E-state index in [1.54, 1.807) is 0 Å². The molecule has 1 aromatic carbocycles. The molecule has 3 aromatic rings. The quantitative estimate of drug-likeness (QED) is 0.449. The smallest absolute Gasteiger partial charge is 0.475 e. The zero-order valence-corrected chi connectivity index (χ0v) is 19.8. The summed E-state index contributed by atoms with van der Waals surface area (Å²) in [6.07, 6.45) is 0.539. The Kier molecular flexibility index (Phi) is 5.43. The Morgan fingerprint density at radius 1 is 1.30 bits per heavy atom. The molecule has 2 aromatic heterocycles. The van der Waals surface area contributed by atoms with Crippen molar-refractivity contribution in [1.82, 2.24) is 24.3 Å². The van der Waals surface area contributed by atoms with E-state index in [0.717, 1.165) is 0 Å². The number of carboxylic acids is 1. The lowest BCUT2D eigenvalue weighted by Gasteiger charge is -2.27. The zero-order chi connectivity index (χ0) is 29.7. The number of nitriles is 1. The molecule has 0 spiro atoms. The predicted molar refractivity (Wildman–Crippen MR) is 123 cm³/mol. The highest BCUT2D eigenvalue weighted by Crippen LogP contribution is 2.56. The van der Waals surface area contributed by atoms with Crippen molar-refractivity contribution in [3.63, 3.8) is 0 Å². The van der Waals surface area contributed by atoms with Gasteiger partial charge in [-0.25, -0.2) is 32.4 Å². The molecular formula is C22H22F3N7O4S. The molecule has 11 nitrogen and oxygen atoms in total. The van der Waals surface area contributed by atoms with Crippen molar-refractivity contribution in [3.05, 3.63) is 36.3 Å². The Morgan fingerprint density at radius 2 is 1.97 bits per heavy atom. The van der Waals surface area contributed by atoms with E-state index in [0.29, 0.717) is 32.1 Å². The van der Waals surface area contributed by atoms with Gasteiger partial charge >= 0.3 is 12.1 Å². The van der Waals surface area contributed by atoms with Crippen LogP contribution < -0.4 is 10.5 Å². The van der Waals surface area contributed by atoms with Gasteiger partial charge in [-0.15, -0.1) is 0 Å². The van der Waals surface area contributed by atoms with Gasteiger partial charge < -0.3 is 10.8 Å². The molecule has 2 aliphatic rings. The summed E-state index contributed by atoms with van der Waals surface area (Å²) in [4.78, 5) is 16.9. The van der Waals surface area contributed by atoms with Crippen LogP contribution in [-0.2, 0) is 14.8 Å². The van der Waals surface area contributed by atoms with Crippen LogP contribution in [0.1, 0.15) is 41.8 Å². The van der Waals surface area contributed by atoms with E-state index < -0.39 is 40.0 Å². The van der Waals surface area contributed by atoms with Gasteiger partial charge in [0.05, 0.1) is 28.3 Å². The van der Waals surface area contributed by atoms with Crippen LogP contribution in [0.2, 0.25) is 0 Å². The van der Waals surface area contributed by atoms with Crippen LogP contribution >= 0.6 is 0 Å². The molecule has 2 fully saturated rings. The highest BCUT2D eigenvalue weighted by atomic mass is 32.2. The summed E-state index contributed by atoms with van der Waals surface area (Å²) in [5.74, 6) is -2.65. The van der Waals surface area contributed by atoms with E-state index in [9.17, 15) is 26.9 Å². The third kappa shape index (κ3) is 4.94. The van der Waals surface area contributed by atoms with Crippen LogP contribution in [0.5, 0.6) is 0 Å². The third-order valence-corrected chi connectivity index (χ3v) is 8.16. The number of aryl methyl sites for hydroxylation is 1. The first-order valence-electron chi connectivity index (χ1n) is 12.3. The molecule has 5 rings (SSSR count). The number of anilines is 1. The van der Waals surface area contributed by atoms with E-state index in [1.807, 2.05) is 0 Å². The number of nitrogens with one attached hydrogen (secondary N) is 1. The molecular weight excluding hydrogens is 515 g/mol. The lowest BCUT2D eigenvalue weighted by atomic mass is 9.86. The van der Waals surface area contributed by atoms with Gasteiger partial charge in [-0.3, -0.25) is 0 Å². The summed E-state index contributed by atoms with van der Waals surface area (Å²) in [6.45, 7) is -2.50. The number of imidazole rings is 1. The van der Waals surface area contributed by atoms with Gasteiger partial charge in [0.15, 0.2) is 11.5 Å². The van der Waals surface area contributed by atoms with Crippen molar-refractivity contribution < 1.29 is 35.6 Å². The maximum Gasteiger partial charge on any atom is 0.490 e. The van der Waals surface area contributed by atoms with Crippen LogP contribution in [0, 0.1) is 23.6 Å². The number of nitrogens with two attached hydrogens (primary N) is 1. The van der Waals surface area contributed by atoms with Crippen LogP contribution in [0.15, 0.2) is 35.6 Å². The Balaban J connectivity index is 0.000000470. The van der Waals surface area contributed by atoms with Gasteiger partial charge in [-0.2, -0.15) is 23.5 Å². The summed E-state index contributed by atoms with van der Waals surface area (Å²) >= 11 is 0. The molecule has 0 unspecified atom stereocenters. The minimum Gasteiger partial charge on any atom is -0.475 e. The van der Waals surface area contributed by atoms with Gasteiger partial charge in [0.25, 0.3) is 0 Å². The summed E-state index contributed by atoms with van der Waals surface area (Å²) < 4.78 is 86.4. The second kappa shape index (κ2) is 8.96. The van der Waals surface area contributed by atoms with Crippen molar-refractivity contribution in [2.75, 3.05) is 5.73 Å². The second-order valence-electron chi connectivity index (χ2n) is 8.99. The highest BCUT2D eigenvalue weighted by molar-refractivity contribution is 7.89. The number of fused-ring (bicyclic) bond motifs is 3. The number of aromatic nitrogens is 4. The minimum absolute atomic E-state index is 0.0381. The molecule has 0 aliphatic heterocycles. The molecule has 2 saturated carbocycles. The largest absolute Gasteiger partial charge is 0.490 e. The van der Waals surface area contributed by atoms with Gasteiger partial charge in [0.1, 0.15) is 6.33 Å². The number of rotatable bonds is 4. The number of halogens is 3. The number of hydrogen-bond acceptors (Lipinski definition) is 8. The average molecular weight is 541 g/mol. The maximum absolute atomic E-state index is 13.4. The first-order chi connectivity index (χ1) is 18.4. The van der Waals surface area contributed by atoms with Crippen molar-refractivity contribution in [3.8, 4) is 17.3 Å². The number of benzene rings is 1. The molecule has 0 saturated heterocycles. The summed E-state index contributed by atoms with van der Waals surface area (Å²) in [7, 11) is -3.99. The number of aliphatic carboxylic acids is 1. The third-order valence-electron chi connectivity index (χ3n) is 6.58. The second-order valence-corrected chi connectivity index (χ2v) is 10.7. The van der Waals surface area contributed by atoms with E-state index >= 15 is 0 Å². The molecule has 0 atom stereocenters. The van der Waals surface area contributed by atoms with Gasteiger partial charge in [-0.1, -0.05) is 6.07 Å². The van der Waals surface area contributed by atoms with Crippen molar-refractivity contribution in [1.29, 1.82) is 5.26 Å². The van der Waals surface area contributed by atoms with E-state index in [1.165, 1.54) is 35.2 Å². The first-order valence-corrected chi connectivity index (χ1v) is 12.2. The van der Waals surface area contributed by atoms with Crippen LogP contribution in [0.25, 0.3) is 16.9 Å². The fraction of sp³-hybridized carbons (Fsp3) is 0.409. The Labute approximate surface area is 213 Å². The number of nitrogens with zero attached hydrogens (tertiary/aromatic N) is 5. The molecule has 0 amide bonds. The maximum atomic E-state index is 13.4. The minimum atomic E-state index is -5.08. The van der Waals surface area contributed by atoms with E-state index in [4.69, 9.17) is 19.7 Å². The van der Waals surface area contributed by atoms with Crippen molar-refractivity contribution in [2.45, 2.75) is 55.6 Å².